The molecule has 3 rings (SSSR count). The summed E-state index contributed by atoms with van der Waals surface area (Å²) in [5.41, 5.74) is 2.88. The second-order valence-corrected chi connectivity index (χ2v) is 6.61. The van der Waals surface area contributed by atoms with Gasteiger partial charge in [-0.05, 0) is 43.8 Å². The van der Waals surface area contributed by atoms with E-state index in [9.17, 15) is 0 Å². The van der Waals surface area contributed by atoms with Crippen LogP contribution in [0.25, 0.3) is 11.5 Å². The van der Waals surface area contributed by atoms with Crippen LogP contribution < -0.4 is 14.2 Å². The van der Waals surface area contributed by atoms with E-state index in [1.807, 2.05) is 43.3 Å². The van der Waals surface area contributed by atoms with E-state index in [4.69, 9.17) is 23.6 Å². The summed E-state index contributed by atoms with van der Waals surface area (Å²) in [7, 11) is 6.98. The molecule has 148 valence electrons. The van der Waals surface area contributed by atoms with Crippen LogP contribution in [-0.2, 0) is 13.1 Å². The Morgan fingerprint density at radius 1 is 0.929 bits per heavy atom. The summed E-state index contributed by atoms with van der Waals surface area (Å²) in [4.78, 5) is 6.89. The van der Waals surface area contributed by atoms with E-state index in [1.54, 1.807) is 21.3 Å². The number of nitrogens with zero attached hydrogens (tertiary/aromatic N) is 2. The van der Waals surface area contributed by atoms with Gasteiger partial charge in [0.1, 0.15) is 23.0 Å². The first-order valence-corrected chi connectivity index (χ1v) is 9.04. The van der Waals surface area contributed by atoms with E-state index in [0.29, 0.717) is 18.2 Å². The summed E-state index contributed by atoms with van der Waals surface area (Å²) < 4.78 is 22.0. The fourth-order valence-corrected chi connectivity index (χ4v) is 3.06. The summed E-state index contributed by atoms with van der Waals surface area (Å²) in [6.07, 6.45) is 0. The van der Waals surface area contributed by atoms with Gasteiger partial charge in [0.15, 0.2) is 0 Å². The van der Waals surface area contributed by atoms with Crippen LogP contribution in [0.1, 0.15) is 17.0 Å². The summed E-state index contributed by atoms with van der Waals surface area (Å²) in [5, 5.41) is 0. The zero-order valence-electron chi connectivity index (χ0n) is 17.0. The minimum atomic E-state index is 0.543. The third-order valence-electron chi connectivity index (χ3n) is 4.54. The molecule has 28 heavy (non-hydrogen) atoms. The number of hydrogen-bond acceptors (Lipinski definition) is 6. The smallest absolute Gasteiger partial charge is 0.230 e. The minimum Gasteiger partial charge on any atom is -0.497 e. The van der Waals surface area contributed by atoms with E-state index in [2.05, 4.69) is 18.0 Å². The van der Waals surface area contributed by atoms with Gasteiger partial charge >= 0.3 is 0 Å². The molecule has 0 aliphatic heterocycles. The van der Waals surface area contributed by atoms with Crippen LogP contribution in [-0.4, -0.2) is 38.3 Å². The van der Waals surface area contributed by atoms with Crippen LogP contribution in [0.3, 0.4) is 0 Å². The monoisotopic (exact) mass is 382 g/mol. The minimum absolute atomic E-state index is 0.543. The van der Waals surface area contributed by atoms with Crippen LogP contribution in [0.15, 0.2) is 46.9 Å². The first-order chi connectivity index (χ1) is 13.5. The quantitative estimate of drug-likeness (QED) is 0.579. The van der Waals surface area contributed by atoms with Crippen LogP contribution in [0.2, 0.25) is 0 Å². The molecule has 0 saturated carbocycles. The molecule has 0 unspecified atom stereocenters. The molecule has 6 nitrogen and oxygen atoms in total. The highest BCUT2D eigenvalue weighted by molar-refractivity contribution is 5.65. The van der Waals surface area contributed by atoms with Crippen molar-refractivity contribution in [3.05, 3.63) is 59.5 Å². The van der Waals surface area contributed by atoms with Gasteiger partial charge in [-0.15, -0.1) is 0 Å². The largest absolute Gasteiger partial charge is 0.497 e. The molecule has 0 saturated heterocycles. The highest BCUT2D eigenvalue weighted by Gasteiger charge is 2.17. The third kappa shape index (κ3) is 4.46. The van der Waals surface area contributed by atoms with Crippen molar-refractivity contribution in [1.29, 1.82) is 0 Å². The average molecular weight is 382 g/mol. The maximum absolute atomic E-state index is 5.93. The fourth-order valence-electron chi connectivity index (χ4n) is 3.06. The van der Waals surface area contributed by atoms with Gasteiger partial charge in [0.05, 0.1) is 32.6 Å². The lowest BCUT2D eigenvalue weighted by Gasteiger charge is -2.16. The second kappa shape index (κ2) is 8.80. The van der Waals surface area contributed by atoms with Crippen molar-refractivity contribution in [2.24, 2.45) is 0 Å². The SMILES string of the molecule is COc1cccc(CN(C)Cc2nc(-c3ccc(OC)cc3OC)oc2C)c1. The predicted octanol–water partition coefficient (Wildman–Crippen LogP) is 4.31. The molecule has 0 N–H and O–H groups in total. The Bertz CT molecular complexity index is 936. The summed E-state index contributed by atoms with van der Waals surface area (Å²) >= 11 is 0. The number of rotatable bonds is 8. The molecule has 1 heterocycles. The molecule has 2 aromatic carbocycles. The van der Waals surface area contributed by atoms with Gasteiger partial charge in [0, 0.05) is 19.2 Å². The number of oxazole rings is 1. The normalized spacial score (nSPS) is 10.9. The molecule has 0 atom stereocenters. The Balaban J connectivity index is 1.77. The number of methoxy groups -OCH3 is 3. The zero-order valence-corrected chi connectivity index (χ0v) is 17.0. The molecule has 0 amide bonds. The highest BCUT2D eigenvalue weighted by Crippen LogP contribution is 2.33. The standard InChI is InChI=1S/C22H26N2O4/c1-15-20(14-24(2)13-16-7-6-8-17(11-16)25-3)23-22(28-15)19-10-9-18(26-4)12-21(19)27-5/h6-12H,13-14H2,1-5H3. The molecule has 0 radical (unpaired) electrons. The molecular formula is C22H26N2O4. The van der Waals surface area contributed by atoms with Crippen molar-refractivity contribution in [2.75, 3.05) is 28.4 Å². The Labute approximate surface area is 165 Å². The topological polar surface area (TPSA) is 57.0 Å². The van der Waals surface area contributed by atoms with Crippen LogP contribution in [0.4, 0.5) is 0 Å². The Kier molecular flexibility index (Phi) is 6.21. The van der Waals surface area contributed by atoms with Gasteiger partial charge in [-0.3, -0.25) is 4.90 Å². The van der Waals surface area contributed by atoms with Gasteiger partial charge in [-0.1, -0.05) is 12.1 Å². The van der Waals surface area contributed by atoms with E-state index < -0.39 is 0 Å². The van der Waals surface area contributed by atoms with Gasteiger partial charge in [-0.25, -0.2) is 4.98 Å². The molecule has 0 fully saturated rings. The highest BCUT2D eigenvalue weighted by atomic mass is 16.5. The molecule has 0 aliphatic rings. The van der Waals surface area contributed by atoms with Gasteiger partial charge in [0.25, 0.3) is 0 Å². The lowest BCUT2D eigenvalue weighted by molar-refractivity contribution is 0.312. The van der Waals surface area contributed by atoms with E-state index >= 15 is 0 Å². The molecule has 0 aliphatic carbocycles. The Hall–Kier alpha value is -2.99. The Morgan fingerprint density at radius 2 is 1.68 bits per heavy atom. The van der Waals surface area contributed by atoms with Crippen LogP contribution >= 0.6 is 0 Å². The first-order valence-electron chi connectivity index (χ1n) is 9.04. The number of benzene rings is 2. The van der Waals surface area contributed by atoms with Gasteiger partial charge < -0.3 is 18.6 Å². The molecule has 6 heteroatoms. The Morgan fingerprint density at radius 3 is 2.39 bits per heavy atom. The summed E-state index contributed by atoms with van der Waals surface area (Å²) in [5.74, 6) is 3.59. The molecule has 0 bridgehead atoms. The van der Waals surface area contributed by atoms with E-state index in [-0.39, 0.29) is 0 Å². The van der Waals surface area contributed by atoms with E-state index in [1.165, 1.54) is 5.56 Å². The average Bonchev–Trinajstić information content (AvgIpc) is 3.07. The number of aromatic nitrogens is 1. The predicted molar refractivity (Wildman–Crippen MR) is 108 cm³/mol. The van der Waals surface area contributed by atoms with Crippen LogP contribution in [0.5, 0.6) is 17.2 Å². The van der Waals surface area contributed by atoms with Crippen molar-refractivity contribution in [1.82, 2.24) is 9.88 Å². The lowest BCUT2D eigenvalue weighted by atomic mass is 10.2. The van der Waals surface area contributed by atoms with Crippen molar-refractivity contribution < 1.29 is 18.6 Å². The van der Waals surface area contributed by atoms with Gasteiger partial charge in [0.2, 0.25) is 5.89 Å². The molecule has 0 spiro atoms. The zero-order chi connectivity index (χ0) is 20.1. The lowest BCUT2D eigenvalue weighted by Crippen LogP contribution is -2.18. The maximum Gasteiger partial charge on any atom is 0.230 e. The first kappa shape index (κ1) is 19.8. The molecular weight excluding hydrogens is 356 g/mol. The van der Waals surface area contributed by atoms with Crippen molar-refractivity contribution in [3.63, 3.8) is 0 Å². The second-order valence-electron chi connectivity index (χ2n) is 6.61. The van der Waals surface area contributed by atoms with Crippen molar-refractivity contribution in [3.8, 4) is 28.7 Å². The van der Waals surface area contributed by atoms with Crippen molar-refractivity contribution in [2.45, 2.75) is 20.0 Å². The van der Waals surface area contributed by atoms with Gasteiger partial charge in [-0.2, -0.15) is 0 Å². The number of hydrogen-bond donors (Lipinski definition) is 0. The van der Waals surface area contributed by atoms with Crippen molar-refractivity contribution >= 4 is 0 Å². The number of ether oxygens (including phenoxy) is 3. The maximum atomic E-state index is 5.93. The third-order valence-corrected chi connectivity index (χ3v) is 4.54. The number of aryl methyl sites for hydroxylation is 1. The van der Waals surface area contributed by atoms with Crippen LogP contribution in [0, 0.1) is 6.92 Å². The molecule has 1 aromatic heterocycles. The fraction of sp³-hybridized carbons (Fsp3) is 0.318. The molecule has 3 aromatic rings. The van der Waals surface area contributed by atoms with E-state index in [0.717, 1.165) is 35.1 Å². The summed E-state index contributed by atoms with van der Waals surface area (Å²) in [6.45, 7) is 3.39. The summed E-state index contributed by atoms with van der Waals surface area (Å²) in [6, 6.07) is 13.7.